The highest BCUT2D eigenvalue weighted by atomic mass is 16.5. The zero-order valence-electron chi connectivity index (χ0n) is 12.3. The maximum Gasteiger partial charge on any atom is 0.125 e. The van der Waals surface area contributed by atoms with E-state index < -0.39 is 0 Å². The molecule has 0 saturated carbocycles. The molecular formula is C18H21NO. The Balaban J connectivity index is 1.82. The van der Waals surface area contributed by atoms with E-state index in [0.29, 0.717) is 0 Å². The predicted molar refractivity (Wildman–Crippen MR) is 81.9 cm³/mol. The molecule has 1 aliphatic heterocycles. The Morgan fingerprint density at radius 3 is 2.55 bits per heavy atom. The molecule has 1 unspecified atom stereocenters. The lowest BCUT2D eigenvalue weighted by Crippen LogP contribution is -2.38. The number of benzene rings is 2. The van der Waals surface area contributed by atoms with Crippen LogP contribution in [0.15, 0.2) is 48.5 Å². The lowest BCUT2D eigenvalue weighted by molar-refractivity contribution is 0.0958. The Labute approximate surface area is 120 Å². The van der Waals surface area contributed by atoms with E-state index in [4.69, 9.17) is 4.74 Å². The van der Waals surface area contributed by atoms with Gasteiger partial charge in [-0.2, -0.15) is 0 Å². The predicted octanol–water partition coefficient (Wildman–Crippen LogP) is 4.00. The number of ether oxygens (including phenoxy) is 1. The molecule has 2 heteroatoms. The fourth-order valence-electron chi connectivity index (χ4n) is 2.90. The lowest BCUT2D eigenvalue weighted by atomic mass is 9.94. The summed E-state index contributed by atoms with van der Waals surface area (Å²) >= 11 is 0. The third-order valence-corrected chi connectivity index (χ3v) is 4.06. The van der Waals surface area contributed by atoms with Crippen molar-refractivity contribution < 1.29 is 4.74 Å². The van der Waals surface area contributed by atoms with Gasteiger partial charge in [-0.25, -0.2) is 0 Å². The number of para-hydroxylation sites is 1. The first kappa shape index (κ1) is 13.2. The van der Waals surface area contributed by atoms with Crippen molar-refractivity contribution in [3.8, 4) is 5.75 Å². The van der Waals surface area contributed by atoms with Crippen molar-refractivity contribution in [2.75, 3.05) is 0 Å². The zero-order valence-corrected chi connectivity index (χ0v) is 12.3. The van der Waals surface area contributed by atoms with Gasteiger partial charge in [-0.3, -0.25) is 0 Å². The van der Waals surface area contributed by atoms with Crippen molar-refractivity contribution in [1.82, 2.24) is 5.32 Å². The second kappa shape index (κ2) is 4.95. The van der Waals surface area contributed by atoms with Crippen molar-refractivity contribution in [3.05, 3.63) is 65.2 Å². The van der Waals surface area contributed by atoms with Crippen LogP contribution in [0.25, 0.3) is 0 Å². The minimum absolute atomic E-state index is 0.216. The summed E-state index contributed by atoms with van der Waals surface area (Å²) < 4.78 is 6.06. The zero-order chi connectivity index (χ0) is 14.2. The normalized spacial score (nSPS) is 19.4. The van der Waals surface area contributed by atoms with Gasteiger partial charge in [0.1, 0.15) is 11.4 Å². The Bertz CT molecular complexity index is 618. The maximum absolute atomic E-state index is 6.06. The van der Waals surface area contributed by atoms with Gasteiger partial charge >= 0.3 is 0 Å². The molecule has 0 radical (unpaired) electrons. The summed E-state index contributed by atoms with van der Waals surface area (Å²) in [4.78, 5) is 0. The summed E-state index contributed by atoms with van der Waals surface area (Å²) in [7, 11) is 0. The van der Waals surface area contributed by atoms with Crippen LogP contribution in [0, 0.1) is 6.92 Å². The van der Waals surface area contributed by atoms with Gasteiger partial charge in [0.25, 0.3) is 0 Å². The van der Waals surface area contributed by atoms with E-state index in [1.54, 1.807) is 0 Å². The Morgan fingerprint density at radius 1 is 1.05 bits per heavy atom. The first-order valence-electron chi connectivity index (χ1n) is 7.14. The monoisotopic (exact) mass is 267 g/mol. The summed E-state index contributed by atoms with van der Waals surface area (Å²) in [5.41, 5.74) is 3.70. The SMILES string of the molecule is Cc1ccccc1CNC1c2ccccc2OC1(C)C. The van der Waals surface area contributed by atoms with Gasteiger partial charge < -0.3 is 10.1 Å². The molecule has 0 saturated heterocycles. The van der Waals surface area contributed by atoms with Gasteiger partial charge in [0, 0.05) is 12.1 Å². The van der Waals surface area contributed by atoms with Crippen LogP contribution in [0.1, 0.15) is 36.6 Å². The molecule has 0 fully saturated rings. The molecule has 1 aliphatic rings. The summed E-state index contributed by atoms with van der Waals surface area (Å²) in [5, 5.41) is 3.66. The fraction of sp³-hybridized carbons (Fsp3) is 0.333. The van der Waals surface area contributed by atoms with Crippen molar-refractivity contribution in [2.45, 2.75) is 39.0 Å². The molecule has 2 aromatic carbocycles. The number of nitrogens with one attached hydrogen (secondary N) is 1. The van der Waals surface area contributed by atoms with E-state index in [2.05, 4.69) is 62.5 Å². The first-order chi connectivity index (χ1) is 9.58. The molecule has 1 N–H and O–H groups in total. The molecule has 3 rings (SSSR count). The second-order valence-corrected chi connectivity index (χ2v) is 5.98. The molecular weight excluding hydrogens is 246 g/mol. The van der Waals surface area contributed by atoms with Gasteiger partial charge in [-0.05, 0) is 38.0 Å². The van der Waals surface area contributed by atoms with E-state index in [-0.39, 0.29) is 11.6 Å². The van der Waals surface area contributed by atoms with Crippen LogP contribution in [0.2, 0.25) is 0 Å². The highest BCUT2D eigenvalue weighted by Gasteiger charge is 2.40. The number of rotatable bonds is 3. The molecule has 104 valence electrons. The first-order valence-corrected chi connectivity index (χ1v) is 7.14. The van der Waals surface area contributed by atoms with Crippen molar-refractivity contribution in [2.24, 2.45) is 0 Å². The minimum Gasteiger partial charge on any atom is -0.486 e. The summed E-state index contributed by atoms with van der Waals surface area (Å²) in [6.07, 6.45) is 0. The summed E-state index contributed by atoms with van der Waals surface area (Å²) in [5.74, 6) is 1.000. The van der Waals surface area contributed by atoms with Crippen LogP contribution < -0.4 is 10.1 Å². The standard InChI is InChI=1S/C18H21NO/c1-13-8-4-5-9-14(13)12-19-17-15-10-6-7-11-16(15)20-18(17,2)3/h4-11,17,19H,12H2,1-3H3. The van der Waals surface area contributed by atoms with Crippen LogP contribution in [0.4, 0.5) is 0 Å². The van der Waals surface area contributed by atoms with E-state index >= 15 is 0 Å². The van der Waals surface area contributed by atoms with E-state index in [1.165, 1.54) is 16.7 Å². The molecule has 1 heterocycles. The summed E-state index contributed by atoms with van der Waals surface area (Å²) in [6.45, 7) is 7.30. The second-order valence-electron chi connectivity index (χ2n) is 5.98. The van der Waals surface area contributed by atoms with Crippen molar-refractivity contribution in [3.63, 3.8) is 0 Å². The molecule has 0 aliphatic carbocycles. The Kier molecular flexibility index (Phi) is 3.27. The largest absolute Gasteiger partial charge is 0.486 e. The number of hydrogen-bond acceptors (Lipinski definition) is 2. The Hall–Kier alpha value is -1.80. The van der Waals surface area contributed by atoms with E-state index in [0.717, 1.165) is 12.3 Å². The smallest absolute Gasteiger partial charge is 0.125 e. The van der Waals surface area contributed by atoms with Crippen molar-refractivity contribution in [1.29, 1.82) is 0 Å². The highest BCUT2D eigenvalue weighted by Crippen LogP contribution is 2.42. The van der Waals surface area contributed by atoms with Crippen LogP contribution in [-0.2, 0) is 6.54 Å². The van der Waals surface area contributed by atoms with Crippen LogP contribution in [0.3, 0.4) is 0 Å². The van der Waals surface area contributed by atoms with Gasteiger partial charge in [0.2, 0.25) is 0 Å². The highest BCUT2D eigenvalue weighted by molar-refractivity contribution is 5.42. The minimum atomic E-state index is -0.216. The molecule has 2 aromatic rings. The molecule has 20 heavy (non-hydrogen) atoms. The lowest BCUT2D eigenvalue weighted by Gasteiger charge is -2.27. The number of fused-ring (bicyclic) bond motifs is 1. The third-order valence-electron chi connectivity index (χ3n) is 4.06. The average molecular weight is 267 g/mol. The van der Waals surface area contributed by atoms with E-state index in [9.17, 15) is 0 Å². The van der Waals surface area contributed by atoms with Crippen LogP contribution in [0.5, 0.6) is 5.75 Å². The molecule has 1 atom stereocenters. The molecule has 0 amide bonds. The van der Waals surface area contributed by atoms with Gasteiger partial charge in [0.05, 0.1) is 6.04 Å². The van der Waals surface area contributed by atoms with Crippen LogP contribution in [-0.4, -0.2) is 5.60 Å². The van der Waals surface area contributed by atoms with Crippen molar-refractivity contribution >= 4 is 0 Å². The quantitative estimate of drug-likeness (QED) is 0.907. The molecule has 0 aromatic heterocycles. The fourth-order valence-corrected chi connectivity index (χ4v) is 2.90. The molecule has 2 nitrogen and oxygen atoms in total. The summed E-state index contributed by atoms with van der Waals surface area (Å²) in [6, 6.07) is 17.0. The van der Waals surface area contributed by atoms with Gasteiger partial charge in [-0.15, -0.1) is 0 Å². The van der Waals surface area contributed by atoms with Gasteiger partial charge in [-0.1, -0.05) is 42.5 Å². The number of aryl methyl sites for hydroxylation is 1. The van der Waals surface area contributed by atoms with Crippen LogP contribution >= 0.6 is 0 Å². The molecule has 0 bridgehead atoms. The Morgan fingerprint density at radius 2 is 1.75 bits per heavy atom. The van der Waals surface area contributed by atoms with Gasteiger partial charge in [0.15, 0.2) is 0 Å². The average Bonchev–Trinajstić information content (AvgIpc) is 2.68. The number of hydrogen-bond donors (Lipinski definition) is 1. The van der Waals surface area contributed by atoms with E-state index in [1.807, 2.05) is 12.1 Å². The third kappa shape index (κ3) is 2.32. The maximum atomic E-state index is 6.06. The molecule has 0 spiro atoms. The topological polar surface area (TPSA) is 21.3 Å².